The summed E-state index contributed by atoms with van der Waals surface area (Å²) in [6.45, 7) is 6.39. The maximum atomic E-state index is 13.0. The lowest BCUT2D eigenvalue weighted by molar-refractivity contribution is 0.0697. The Morgan fingerprint density at radius 3 is 2.54 bits per heavy atom. The monoisotopic (exact) mass is 555 g/mol. The van der Waals surface area contributed by atoms with Gasteiger partial charge in [-0.2, -0.15) is 0 Å². The number of benzene rings is 2. The molecule has 2 aromatic carbocycles. The number of carboxylic acids is 1. The number of nitrogens with zero attached hydrogens (tertiary/aromatic N) is 3. The standard InChI is InChI=1S/C33H41N5O3/c39-32(40)23-11-12-25-28(21-23)38-20-19-37-17-13-27(35-33(41)34-14-18-36-15-4-5-16-36)24-9-6-10-26(30(24)37)31(38)29(25)22-7-2-1-3-8-22/h6,9-12,21-22,27H,1-5,7-8,13-20H2,(H,39,40)(H2,34,35,41)/t27-/m1/s1. The highest BCUT2D eigenvalue weighted by atomic mass is 16.4. The number of hydrogen-bond donors (Lipinski definition) is 3. The third-order valence-electron chi connectivity index (χ3n) is 9.88. The molecule has 1 saturated heterocycles. The van der Waals surface area contributed by atoms with Gasteiger partial charge in [0.1, 0.15) is 0 Å². The minimum atomic E-state index is -0.884. The molecule has 2 amide bonds. The van der Waals surface area contributed by atoms with E-state index in [9.17, 15) is 14.7 Å². The molecule has 0 bridgehead atoms. The smallest absolute Gasteiger partial charge is 0.335 e. The quantitative estimate of drug-likeness (QED) is 0.362. The van der Waals surface area contributed by atoms with Crippen LogP contribution in [0.4, 0.5) is 10.5 Å². The number of carbonyl (C=O) groups excluding carboxylic acids is 1. The molecule has 3 aromatic rings. The van der Waals surface area contributed by atoms with E-state index in [1.54, 1.807) is 6.07 Å². The summed E-state index contributed by atoms with van der Waals surface area (Å²) in [7, 11) is 0. The van der Waals surface area contributed by atoms with Gasteiger partial charge in [-0.1, -0.05) is 43.5 Å². The van der Waals surface area contributed by atoms with Crippen LogP contribution in [-0.4, -0.2) is 65.8 Å². The van der Waals surface area contributed by atoms with Crippen molar-refractivity contribution < 1.29 is 14.7 Å². The summed E-state index contributed by atoms with van der Waals surface area (Å²) in [4.78, 5) is 29.8. The van der Waals surface area contributed by atoms with Crippen molar-refractivity contribution >= 4 is 28.6 Å². The average molecular weight is 556 g/mol. The minimum absolute atomic E-state index is 0.0411. The zero-order valence-electron chi connectivity index (χ0n) is 23.8. The van der Waals surface area contributed by atoms with Gasteiger partial charge in [-0.25, -0.2) is 9.59 Å². The molecule has 3 N–H and O–H groups in total. The molecule has 4 heterocycles. The van der Waals surface area contributed by atoms with Gasteiger partial charge in [-0.3, -0.25) is 0 Å². The van der Waals surface area contributed by atoms with Crippen molar-refractivity contribution in [3.05, 3.63) is 53.1 Å². The van der Waals surface area contributed by atoms with Gasteiger partial charge < -0.3 is 30.1 Å². The van der Waals surface area contributed by atoms with E-state index in [1.807, 2.05) is 12.1 Å². The molecule has 3 aliphatic heterocycles. The van der Waals surface area contributed by atoms with Crippen molar-refractivity contribution in [3.8, 4) is 11.3 Å². The summed E-state index contributed by atoms with van der Waals surface area (Å²) >= 11 is 0. The largest absolute Gasteiger partial charge is 0.478 e. The average Bonchev–Trinajstić information content (AvgIpc) is 3.58. The van der Waals surface area contributed by atoms with Crippen LogP contribution in [0.5, 0.6) is 0 Å². The Morgan fingerprint density at radius 2 is 1.73 bits per heavy atom. The molecule has 1 aliphatic carbocycles. The molecule has 8 heteroatoms. The molecule has 1 aromatic heterocycles. The number of carboxylic acid groups (broad SMARTS) is 1. The van der Waals surface area contributed by atoms with Gasteiger partial charge in [-0.05, 0) is 74.4 Å². The van der Waals surface area contributed by atoms with Gasteiger partial charge in [0.2, 0.25) is 0 Å². The summed E-state index contributed by atoms with van der Waals surface area (Å²) in [5.74, 6) is -0.412. The molecule has 1 saturated carbocycles. The molecular weight excluding hydrogens is 514 g/mol. The molecule has 2 fully saturated rings. The van der Waals surface area contributed by atoms with Crippen LogP contribution in [0.15, 0.2) is 36.4 Å². The second-order valence-electron chi connectivity index (χ2n) is 12.3. The predicted octanol–water partition coefficient (Wildman–Crippen LogP) is 5.71. The fourth-order valence-electron chi connectivity index (χ4n) is 7.91. The van der Waals surface area contributed by atoms with Gasteiger partial charge in [-0.15, -0.1) is 0 Å². The Labute approximate surface area is 241 Å². The first-order valence-electron chi connectivity index (χ1n) is 15.6. The van der Waals surface area contributed by atoms with E-state index in [-0.39, 0.29) is 12.1 Å². The minimum Gasteiger partial charge on any atom is -0.478 e. The van der Waals surface area contributed by atoms with Gasteiger partial charge in [0.15, 0.2) is 0 Å². The van der Waals surface area contributed by atoms with Crippen LogP contribution in [0, 0.1) is 0 Å². The second-order valence-corrected chi connectivity index (χ2v) is 12.3. The Kier molecular flexibility index (Phi) is 7.11. The molecule has 0 radical (unpaired) electrons. The predicted molar refractivity (Wildman–Crippen MR) is 162 cm³/mol. The Balaban J connectivity index is 1.26. The van der Waals surface area contributed by atoms with Crippen molar-refractivity contribution in [3.63, 3.8) is 0 Å². The SMILES string of the molecule is O=C(NCCN1CCCC1)N[C@@H]1CCN2CCn3c(c(C4CCCCC4)c4ccc(C(=O)O)cc43)-c3cccc1c32. The zero-order chi connectivity index (χ0) is 27.9. The fraction of sp³-hybridized carbons (Fsp3) is 0.515. The maximum absolute atomic E-state index is 13.0. The molecule has 0 unspecified atom stereocenters. The highest BCUT2D eigenvalue weighted by Crippen LogP contribution is 2.50. The van der Waals surface area contributed by atoms with Crippen LogP contribution < -0.4 is 15.5 Å². The lowest BCUT2D eigenvalue weighted by Crippen LogP contribution is -2.44. The highest BCUT2D eigenvalue weighted by molar-refractivity contribution is 6.00. The third-order valence-corrected chi connectivity index (χ3v) is 9.88. The van der Waals surface area contributed by atoms with Gasteiger partial charge in [0.05, 0.1) is 23.0 Å². The first-order chi connectivity index (χ1) is 20.1. The molecule has 41 heavy (non-hydrogen) atoms. The van der Waals surface area contributed by atoms with E-state index in [1.165, 1.54) is 78.4 Å². The number of anilines is 1. The number of amides is 2. The molecule has 4 aliphatic rings. The molecule has 216 valence electrons. The molecule has 7 rings (SSSR count). The van der Waals surface area contributed by atoms with Crippen LogP contribution in [0.1, 0.15) is 84.8 Å². The third kappa shape index (κ3) is 4.86. The number of fused-ring (bicyclic) bond motifs is 4. The molecule has 0 spiro atoms. The van der Waals surface area contributed by atoms with Gasteiger partial charge in [0, 0.05) is 49.2 Å². The van der Waals surface area contributed by atoms with Crippen molar-refractivity contribution in [1.82, 2.24) is 20.1 Å². The van der Waals surface area contributed by atoms with Gasteiger partial charge in [0.25, 0.3) is 0 Å². The van der Waals surface area contributed by atoms with Crippen LogP contribution in [-0.2, 0) is 6.54 Å². The summed E-state index contributed by atoms with van der Waals surface area (Å²) in [5.41, 5.74) is 7.65. The zero-order valence-corrected chi connectivity index (χ0v) is 23.8. The lowest BCUT2D eigenvalue weighted by Gasteiger charge is -2.36. The first-order valence-corrected chi connectivity index (χ1v) is 15.6. The fourth-order valence-corrected chi connectivity index (χ4v) is 7.91. The maximum Gasteiger partial charge on any atom is 0.335 e. The number of hydrogen-bond acceptors (Lipinski definition) is 4. The van der Waals surface area contributed by atoms with Gasteiger partial charge >= 0.3 is 12.0 Å². The van der Waals surface area contributed by atoms with Crippen molar-refractivity contribution in [2.45, 2.75) is 69.9 Å². The van der Waals surface area contributed by atoms with E-state index >= 15 is 0 Å². The van der Waals surface area contributed by atoms with E-state index in [2.05, 4.69) is 43.2 Å². The number of aromatic carboxylic acids is 1. The van der Waals surface area contributed by atoms with Crippen LogP contribution in [0.2, 0.25) is 0 Å². The summed E-state index contributed by atoms with van der Waals surface area (Å²) in [6.07, 6.45) is 9.49. The molecule has 1 atom stereocenters. The summed E-state index contributed by atoms with van der Waals surface area (Å²) in [5, 5.41) is 17.4. The van der Waals surface area contributed by atoms with Crippen molar-refractivity contribution in [2.24, 2.45) is 0 Å². The number of likely N-dealkylation sites (tertiary alicyclic amines) is 1. The topological polar surface area (TPSA) is 89.8 Å². The van der Waals surface area contributed by atoms with Crippen LogP contribution in [0.25, 0.3) is 22.2 Å². The van der Waals surface area contributed by atoms with E-state index < -0.39 is 5.97 Å². The number of rotatable bonds is 6. The number of aromatic nitrogens is 1. The summed E-state index contributed by atoms with van der Waals surface area (Å²) < 4.78 is 2.40. The molecular formula is C33H41N5O3. The van der Waals surface area contributed by atoms with Crippen molar-refractivity contribution in [1.29, 1.82) is 0 Å². The molecule has 8 nitrogen and oxygen atoms in total. The second kappa shape index (κ2) is 11.0. The summed E-state index contributed by atoms with van der Waals surface area (Å²) in [6, 6.07) is 12.1. The van der Waals surface area contributed by atoms with E-state index in [4.69, 9.17) is 0 Å². The first kappa shape index (κ1) is 26.4. The van der Waals surface area contributed by atoms with Crippen molar-refractivity contribution in [2.75, 3.05) is 44.2 Å². The number of carbonyl (C=O) groups is 2. The van der Waals surface area contributed by atoms with E-state index in [0.717, 1.165) is 51.2 Å². The number of nitrogens with one attached hydrogen (secondary N) is 2. The lowest BCUT2D eigenvalue weighted by atomic mass is 9.81. The van der Waals surface area contributed by atoms with Crippen LogP contribution >= 0.6 is 0 Å². The highest BCUT2D eigenvalue weighted by Gasteiger charge is 2.35. The Bertz CT molecular complexity index is 1470. The normalized spacial score (nSPS) is 20.9. The number of para-hydroxylation sites is 1. The Hall–Kier alpha value is -3.52. The number of urea groups is 1. The van der Waals surface area contributed by atoms with E-state index in [0.29, 0.717) is 18.0 Å². The Morgan fingerprint density at radius 1 is 0.902 bits per heavy atom. The van der Waals surface area contributed by atoms with Crippen LogP contribution in [0.3, 0.4) is 0 Å².